The summed E-state index contributed by atoms with van der Waals surface area (Å²) in [7, 11) is 1.54. The third-order valence-corrected chi connectivity index (χ3v) is 4.64. The largest absolute Gasteiger partial charge is 0.497 e. The van der Waals surface area contributed by atoms with Crippen LogP contribution in [0, 0.1) is 13.8 Å². The van der Waals surface area contributed by atoms with Gasteiger partial charge in [0.2, 0.25) is 0 Å². The number of methoxy groups -OCH3 is 1. The first kappa shape index (κ1) is 21.9. The summed E-state index contributed by atoms with van der Waals surface area (Å²) < 4.78 is 21.2. The van der Waals surface area contributed by atoms with Crippen molar-refractivity contribution in [2.75, 3.05) is 12.4 Å². The number of esters is 1. The van der Waals surface area contributed by atoms with Crippen molar-refractivity contribution in [1.82, 2.24) is 5.16 Å². The van der Waals surface area contributed by atoms with Gasteiger partial charge in [-0.1, -0.05) is 11.2 Å². The second-order valence-electron chi connectivity index (χ2n) is 6.88. The van der Waals surface area contributed by atoms with Crippen LogP contribution in [0.25, 0.3) is 0 Å². The van der Waals surface area contributed by atoms with Gasteiger partial charge in [-0.05, 0) is 57.2 Å². The van der Waals surface area contributed by atoms with E-state index in [0.29, 0.717) is 35.1 Å². The average Bonchev–Trinajstić information content (AvgIpc) is 3.09. The number of aryl methyl sites for hydroxylation is 2. The molecule has 1 unspecified atom stereocenters. The average molecular weight is 424 g/mol. The molecule has 31 heavy (non-hydrogen) atoms. The summed E-state index contributed by atoms with van der Waals surface area (Å²) in [6.45, 7) is 5.49. The summed E-state index contributed by atoms with van der Waals surface area (Å²) in [5.41, 5.74) is 2.52. The van der Waals surface area contributed by atoms with E-state index in [1.165, 1.54) is 6.92 Å². The summed E-state index contributed by atoms with van der Waals surface area (Å²) in [6.07, 6.45) is -0.978. The van der Waals surface area contributed by atoms with Gasteiger partial charge in [-0.2, -0.15) is 0 Å². The zero-order valence-corrected chi connectivity index (χ0v) is 17.8. The molecular formula is C23H24N2O6. The summed E-state index contributed by atoms with van der Waals surface area (Å²) in [4.78, 5) is 24.7. The van der Waals surface area contributed by atoms with Crippen molar-refractivity contribution in [3.8, 4) is 11.5 Å². The molecule has 0 aliphatic carbocycles. The van der Waals surface area contributed by atoms with Crippen molar-refractivity contribution in [3.05, 3.63) is 71.1 Å². The van der Waals surface area contributed by atoms with Crippen LogP contribution in [-0.2, 0) is 16.1 Å². The Morgan fingerprint density at radius 3 is 2.48 bits per heavy atom. The monoisotopic (exact) mass is 424 g/mol. The van der Waals surface area contributed by atoms with Crippen LogP contribution in [0.1, 0.15) is 34.3 Å². The Morgan fingerprint density at radius 1 is 1.10 bits per heavy atom. The van der Waals surface area contributed by atoms with E-state index in [-0.39, 0.29) is 0 Å². The van der Waals surface area contributed by atoms with Gasteiger partial charge < -0.3 is 24.1 Å². The molecule has 8 nitrogen and oxygen atoms in total. The molecule has 1 aromatic heterocycles. The highest BCUT2D eigenvalue weighted by Crippen LogP contribution is 2.19. The van der Waals surface area contributed by atoms with Crippen LogP contribution < -0.4 is 14.8 Å². The van der Waals surface area contributed by atoms with Crippen LogP contribution in [0.2, 0.25) is 0 Å². The quantitative estimate of drug-likeness (QED) is 0.544. The number of ether oxygens (including phenoxy) is 3. The van der Waals surface area contributed by atoms with Gasteiger partial charge in [0.1, 0.15) is 23.9 Å². The maximum Gasteiger partial charge on any atom is 0.338 e. The van der Waals surface area contributed by atoms with E-state index in [9.17, 15) is 9.59 Å². The molecule has 1 atom stereocenters. The Labute approximate surface area is 180 Å². The van der Waals surface area contributed by atoms with Crippen LogP contribution in [0.4, 0.5) is 5.69 Å². The van der Waals surface area contributed by atoms with Crippen LogP contribution in [0.3, 0.4) is 0 Å². The molecule has 0 aliphatic heterocycles. The summed E-state index contributed by atoms with van der Waals surface area (Å²) >= 11 is 0. The van der Waals surface area contributed by atoms with Gasteiger partial charge in [-0.3, -0.25) is 4.79 Å². The molecule has 2 aromatic carbocycles. The molecule has 0 aliphatic rings. The van der Waals surface area contributed by atoms with Crippen molar-refractivity contribution >= 4 is 17.6 Å². The van der Waals surface area contributed by atoms with E-state index in [0.717, 1.165) is 11.3 Å². The number of aromatic nitrogens is 1. The lowest BCUT2D eigenvalue weighted by atomic mass is 10.2. The van der Waals surface area contributed by atoms with E-state index in [1.54, 1.807) is 55.6 Å². The molecule has 3 aromatic rings. The van der Waals surface area contributed by atoms with Gasteiger partial charge in [0, 0.05) is 11.8 Å². The van der Waals surface area contributed by atoms with Crippen molar-refractivity contribution in [2.45, 2.75) is 33.5 Å². The Morgan fingerprint density at radius 2 is 1.84 bits per heavy atom. The number of anilines is 1. The van der Waals surface area contributed by atoms with Crippen molar-refractivity contribution < 1.29 is 28.3 Å². The maximum atomic E-state index is 12.4. The van der Waals surface area contributed by atoms with E-state index in [2.05, 4.69) is 10.5 Å². The number of hydrogen-bond acceptors (Lipinski definition) is 7. The minimum absolute atomic E-state index is 0.311. The Kier molecular flexibility index (Phi) is 6.92. The smallest absolute Gasteiger partial charge is 0.338 e. The van der Waals surface area contributed by atoms with E-state index in [4.69, 9.17) is 18.7 Å². The van der Waals surface area contributed by atoms with Gasteiger partial charge in [0.15, 0.2) is 6.10 Å². The number of benzene rings is 2. The number of carbonyl (C=O) groups excluding carboxylic acids is 2. The fraction of sp³-hybridized carbons (Fsp3) is 0.261. The summed E-state index contributed by atoms with van der Waals surface area (Å²) in [5, 5.41) is 6.58. The highest BCUT2D eigenvalue weighted by molar-refractivity contribution is 5.97. The molecule has 1 heterocycles. The molecule has 1 N–H and O–H groups in total. The number of carbonyl (C=O) groups is 2. The number of nitrogens with zero attached hydrogens (tertiary/aromatic N) is 1. The molecule has 0 saturated heterocycles. The van der Waals surface area contributed by atoms with Crippen LogP contribution in [0.15, 0.2) is 53.1 Å². The predicted molar refractivity (Wildman–Crippen MR) is 113 cm³/mol. The van der Waals surface area contributed by atoms with Crippen molar-refractivity contribution in [1.29, 1.82) is 0 Å². The number of amides is 1. The van der Waals surface area contributed by atoms with Gasteiger partial charge in [0.25, 0.3) is 5.91 Å². The molecule has 0 bridgehead atoms. The highest BCUT2D eigenvalue weighted by atomic mass is 16.5. The van der Waals surface area contributed by atoms with E-state index in [1.807, 2.05) is 13.8 Å². The Balaban J connectivity index is 1.54. The van der Waals surface area contributed by atoms with Crippen LogP contribution in [-0.4, -0.2) is 30.2 Å². The molecule has 0 radical (unpaired) electrons. The Bertz CT molecular complexity index is 1040. The first-order valence-electron chi connectivity index (χ1n) is 9.68. The lowest BCUT2D eigenvalue weighted by Crippen LogP contribution is -2.30. The van der Waals surface area contributed by atoms with Crippen molar-refractivity contribution in [3.63, 3.8) is 0 Å². The molecule has 1 amide bonds. The molecule has 8 heteroatoms. The number of rotatable bonds is 8. The van der Waals surface area contributed by atoms with Gasteiger partial charge in [-0.25, -0.2) is 4.79 Å². The zero-order valence-electron chi connectivity index (χ0n) is 17.8. The van der Waals surface area contributed by atoms with E-state index >= 15 is 0 Å². The van der Waals surface area contributed by atoms with Crippen LogP contribution in [0.5, 0.6) is 11.5 Å². The van der Waals surface area contributed by atoms with Gasteiger partial charge in [0.05, 0.1) is 23.9 Å². The lowest BCUT2D eigenvalue weighted by molar-refractivity contribution is -0.123. The molecule has 0 spiro atoms. The summed E-state index contributed by atoms with van der Waals surface area (Å²) in [6, 6.07) is 13.4. The van der Waals surface area contributed by atoms with Crippen molar-refractivity contribution in [2.24, 2.45) is 0 Å². The molecule has 3 rings (SSSR count). The SMILES string of the molecule is COc1cccc(NC(=O)C(C)OC(=O)c2ccc(OCc3c(C)noc3C)cc2)c1. The zero-order chi connectivity index (χ0) is 22.4. The third-order valence-electron chi connectivity index (χ3n) is 4.64. The minimum atomic E-state index is -0.978. The number of nitrogens with one attached hydrogen (secondary N) is 1. The minimum Gasteiger partial charge on any atom is -0.497 e. The van der Waals surface area contributed by atoms with Gasteiger partial charge in [-0.15, -0.1) is 0 Å². The topological polar surface area (TPSA) is 99.9 Å². The standard InChI is InChI=1S/C23H24N2O6/c1-14-21(15(2)31-25-14)13-29-19-10-8-17(9-11-19)23(27)30-16(3)22(26)24-18-6-5-7-20(12-18)28-4/h5-12,16H,13H2,1-4H3,(H,24,26). The third kappa shape index (κ3) is 5.63. The first-order valence-corrected chi connectivity index (χ1v) is 9.68. The first-order chi connectivity index (χ1) is 14.9. The normalized spacial score (nSPS) is 11.5. The maximum absolute atomic E-state index is 12.4. The molecule has 0 fully saturated rings. The fourth-order valence-corrected chi connectivity index (χ4v) is 2.78. The van der Waals surface area contributed by atoms with E-state index < -0.39 is 18.0 Å². The molecule has 162 valence electrons. The fourth-order valence-electron chi connectivity index (χ4n) is 2.78. The lowest BCUT2D eigenvalue weighted by Gasteiger charge is -2.14. The summed E-state index contributed by atoms with van der Waals surface area (Å²) in [5.74, 6) is 0.852. The Hall–Kier alpha value is -3.81. The molecular weight excluding hydrogens is 400 g/mol. The molecule has 0 saturated carbocycles. The van der Waals surface area contributed by atoms with Gasteiger partial charge >= 0.3 is 5.97 Å². The second-order valence-corrected chi connectivity index (χ2v) is 6.88. The predicted octanol–water partition coefficient (Wildman–Crippen LogP) is 4.06. The second kappa shape index (κ2) is 9.80. The number of hydrogen-bond donors (Lipinski definition) is 1. The van der Waals surface area contributed by atoms with Crippen LogP contribution >= 0.6 is 0 Å². The highest BCUT2D eigenvalue weighted by Gasteiger charge is 2.19.